The zero-order valence-electron chi connectivity index (χ0n) is 19.6. The van der Waals surface area contributed by atoms with Crippen molar-refractivity contribution in [3.8, 4) is 23.0 Å². The lowest BCUT2D eigenvalue weighted by atomic mass is 10.1. The van der Waals surface area contributed by atoms with Crippen LogP contribution in [0.1, 0.15) is 22.6 Å². The molecule has 1 aromatic heterocycles. The fourth-order valence-corrected chi connectivity index (χ4v) is 5.21. The van der Waals surface area contributed by atoms with E-state index >= 15 is 0 Å². The Labute approximate surface area is 206 Å². The van der Waals surface area contributed by atoms with E-state index in [0.29, 0.717) is 28.7 Å². The summed E-state index contributed by atoms with van der Waals surface area (Å²) >= 11 is 1.44. The van der Waals surface area contributed by atoms with Gasteiger partial charge < -0.3 is 29.2 Å². The fourth-order valence-electron chi connectivity index (χ4n) is 4.21. The summed E-state index contributed by atoms with van der Waals surface area (Å²) in [6.45, 7) is 2.45. The molecule has 3 aromatic rings. The van der Waals surface area contributed by atoms with Crippen LogP contribution in [-0.2, 0) is 16.0 Å². The number of amides is 2. The molecule has 2 amide bonds. The minimum absolute atomic E-state index is 0.115. The molecule has 0 radical (unpaired) electrons. The van der Waals surface area contributed by atoms with Crippen LogP contribution >= 0.6 is 11.3 Å². The Kier molecular flexibility index (Phi) is 6.21. The van der Waals surface area contributed by atoms with Crippen molar-refractivity contribution in [2.75, 3.05) is 37.8 Å². The molecule has 10 heteroatoms. The van der Waals surface area contributed by atoms with E-state index in [-0.39, 0.29) is 31.6 Å². The first-order valence-corrected chi connectivity index (χ1v) is 11.9. The molecule has 182 valence electrons. The van der Waals surface area contributed by atoms with E-state index in [9.17, 15) is 9.59 Å². The highest BCUT2D eigenvalue weighted by Gasteiger charge is 2.36. The molecular weight excluding hydrogens is 470 g/mol. The number of aromatic nitrogens is 1. The van der Waals surface area contributed by atoms with Gasteiger partial charge in [0.1, 0.15) is 0 Å². The second kappa shape index (κ2) is 9.46. The van der Waals surface area contributed by atoms with E-state index in [2.05, 4.69) is 10.3 Å². The van der Waals surface area contributed by atoms with Crippen molar-refractivity contribution in [2.24, 2.45) is 5.92 Å². The van der Waals surface area contributed by atoms with Crippen LogP contribution in [-0.4, -0.2) is 44.4 Å². The first-order valence-electron chi connectivity index (χ1n) is 11.1. The van der Waals surface area contributed by atoms with Crippen molar-refractivity contribution in [3.63, 3.8) is 0 Å². The van der Waals surface area contributed by atoms with Crippen molar-refractivity contribution in [1.29, 1.82) is 0 Å². The lowest BCUT2D eigenvalue weighted by Gasteiger charge is -2.18. The van der Waals surface area contributed by atoms with Gasteiger partial charge in [-0.25, -0.2) is 4.98 Å². The van der Waals surface area contributed by atoms with Crippen molar-refractivity contribution >= 4 is 34.0 Å². The summed E-state index contributed by atoms with van der Waals surface area (Å²) in [6.07, 6.45) is 0.805. The minimum Gasteiger partial charge on any atom is -0.493 e. The number of fused-ring (bicyclic) bond motifs is 1. The van der Waals surface area contributed by atoms with Crippen molar-refractivity contribution < 1.29 is 28.5 Å². The van der Waals surface area contributed by atoms with Crippen LogP contribution in [0, 0.1) is 12.8 Å². The van der Waals surface area contributed by atoms with Crippen LogP contribution < -0.4 is 29.2 Å². The van der Waals surface area contributed by atoms with Gasteiger partial charge in [0.15, 0.2) is 28.1 Å². The van der Waals surface area contributed by atoms with Crippen LogP contribution in [0.15, 0.2) is 36.4 Å². The third-order valence-corrected chi connectivity index (χ3v) is 7.17. The Morgan fingerprint density at radius 3 is 2.74 bits per heavy atom. The number of hydrogen-bond acceptors (Lipinski definition) is 8. The van der Waals surface area contributed by atoms with Crippen molar-refractivity contribution in [1.82, 2.24) is 4.98 Å². The van der Waals surface area contributed by atoms with Gasteiger partial charge in [0, 0.05) is 36.0 Å². The quantitative estimate of drug-likeness (QED) is 0.533. The van der Waals surface area contributed by atoms with E-state index in [4.69, 9.17) is 18.9 Å². The molecule has 1 atom stereocenters. The van der Waals surface area contributed by atoms with Gasteiger partial charge in [-0.15, -0.1) is 11.3 Å². The highest BCUT2D eigenvalue weighted by Crippen LogP contribution is 2.36. The normalized spacial score (nSPS) is 16.5. The van der Waals surface area contributed by atoms with Crippen LogP contribution in [0.25, 0.3) is 0 Å². The number of ether oxygens (including phenoxy) is 4. The van der Waals surface area contributed by atoms with Gasteiger partial charge in [-0.05, 0) is 36.8 Å². The number of nitrogens with zero attached hydrogens (tertiary/aromatic N) is 2. The Hall–Kier alpha value is -3.79. The first-order chi connectivity index (χ1) is 16.9. The molecule has 0 saturated carbocycles. The van der Waals surface area contributed by atoms with Gasteiger partial charge in [0.2, 0.25) is 18.6 Å². The Morgan fingerprint density at radius 2 is 1.94 bits per heavy atom. The summed E-state index contributed by atoms with van der Waals surface area (Å²) < 4.78 is 21.4. The van der Waals surface area contributed by atoms with Gasteiger partial charge in [-0.3, -0.25) is 9.59 Å². The Morgan fingerprint density at radius 1 is 1.14 bits per heavy atom. The van der Waals surface area contributed by atoms with Gasteiger partial charge in [-0.2, -0.15) is 0 Å². The molecular formula is C25H25N3O6S. The lowest BCUT2D eigenvalue weighted by molar-refractivity contribution is -0.122. The number of benzene rings is 2. The minimum atomic E-state index is -0.475. The van der Waals surface area contributed by atoms with E-state index in [1.807, 2.05) is 25.1 Å². The maximum absolute atomic E-state index is 13.0. The molecule has 1 unspecified atom stereocenters. The molecule has 3 heterocycles. The predicted molar refractivity (Wildman–Crippen MR) is 131 cm³/mol. The zero-order valence-corrected chi connectivity index (χ0v) is 20.4. The molecule has 0 spiro atoms. The number of hydrogen-bond donors (Lipinski definition) is 1. The molecule has 2 aromatic carbocycles. The maximum atomic E-state index is 13.0. The number of methoxy groups -OCH3 is 2. The van der Waals surface area contributed by atoms with Gasteiger partial charge in [0.05, 0.1) is 25.8 Å². The molecule has 5 rings (SSSR count). The highest BCUT2D eigenvalue weighted by atomic mass is 32.1. The fraction of sp³-hybridized carbons (Fsp3) is 0.320. The predicted octanol–water partition coefficient (Wildman–Crippen LogP) is 3.78. The Balaban J connectivity index is 1.24. The van der Waals surface area contributed by atoms with E-state index in [1.54, 1.807) is 37.3 Å². The van der Waals surface area contributed by atoms with Crippen LogP contribution in [0.5, 0.6) is 23.0 Å². The summed E-state index contributed by atoms with van der Waals surface area (Å²) in [5, 5.41) is 3.43. The maximum Gasteiger partial charge on any atom is 0.231 e. The monoisotopic (exact) mass is 495 g/mol. The number of nitrogens with one attached hydrogen (secondary N) is 1. The molecule has 0 bridgehead atoms. The second-order valence-electron chi connectivity index (χ2n) is 8.33. The Bertz CT molecular complexity index is 1290. The summed E-state index contributed by atoms with van der Waals surface area (Å²) in [7, 11) is 3.10. The number of rotatable bonds is 7. The summed E-state index contributed by atoms with van der Waals surface area (Å²) in [5.41, 5.74) is 2.60. The third-order valence-electron chi connectivity index (χ3n) is 6.10. The molecule has 2 aliphatic heterocycles. The average molecular weight is 496 g/mol. The van der Waals surface area contributed by atoms with Gasteiger partial charge in [-0.1, -0.05) is 6.07 Å². The van der Waals surface area contributed by atoms with E-state index < -0.39 is 5.92 Å². The number of anilines is 2. The van der Waals surface area contributed by atoms with Crippen molar-refractivity contribution in [2.45, 2.75) is 19.8 Å². The van der Waals surface area contributed by atoms with Crippen molar-refractivity contribution in [3.05, 3.63) is 52.5 Å². The molecule has 0 aliphatic carbocycles. The SMILES string of the molecule is COc1ccc(N2CC(C(=O)Nc3nc(C)c(Cc4ccc5c(c4)OCO5)s3)CC2=O)cc1OC. The van der Waals surface area contributed by atoms with Gasteiger partial charge >= 0.3 is 0 Å². The highest BCUT2D eigenvalue weighted by molar-refractivity contribution is 7.15. The van der Waals surface area contributed by atoms with Crippen LogP contribution in [0.4, 0.5) is 10.8 Å². The smallest absolute Gasteiger partial charge is 0.231 e. The number of carbonyl (C=O) groups is 2. The van der Waals surface area contributed by atoms with Gasteiger partial charge in [0.25, 0.3) is 0 Å². The topological polar surface area (TPSA) is 99.2 Å². The second-order valence-corrected chi connectivity index (χ2v) is 9.41. The molecule has 35 heavy (non-hydrogen) atoms. The molecule has 9 nitrogen and oxygen atoms in total. The standard InChI is InChI=1S/C25H25N3O6S/c1-14-22(9-15-4-6-19-21(8-15)34-13-33-19)35-25(26-14)27-24(30)16-10-23(29)28(12-16)17-5-7-18(31-2)20(11-17)32-3/h4-8,11,16H,9-10,12-13H2,1-3H3,(H,26,27,30). The zero-order chi connectivity index (χ0) is 24.5. The number of aryl methyl sites for hydroxylation is 1. The average Bonchev–Trinajstić information content (AvgIpc) is 3.57. The van der Waals surface area contributed by atoms with Crippen LogP contribution in [0.2, 0.25) is 0 Å². The van der Waals surface area contributed by atoms with Crippen LogP contribution in [0.3, 0.4) is 0 Å². The number of carbonyl (C=O) groups excluding carboxylic acids is 2. The van der Waals surface area contributed by atoms with E-state index in [0.717, 1.165) is 27.6 Å². The molecule has 1 N–H and O–H groups in total. The molecule has 2 aliphatic rings. The van der Waals surface area contributed by atoms with E-state index in [1.165, 1.54) is 11.3 Å². The molecule has 1 saturated heterocycles. The largest absolute Gasteiger partial charge is 0.493 e. The summed E-state index contributed by atoms with van der Waals surface area (Å²) in [6, 6.07) is 11.1. The number of thiazole rings is 1. The first kappa shape index (κ1) is 23.0. The third kappa shape index (κ3) is 4.61. The summed E-state index contributed by atoms with van der Waals surface area (Å²) in [5.74, 6) is 1.78. The lowest BCUT2D eigenvalue weighted by Crippen LogP contribution is -2.28. The molecule has 1 fully saturated rings. The summed E-state index contributed by atoms with van der Waals surface area (Å²) in [4.78, 5) is 32.8.